The summed E-state index contributed by atoms with van der Waals surface area (Å²) in [5.74, 6) is -5.44. The Labute approximate surface area is 76.1 Å². The molecule has 0 amide bonds. The zero-order valence-electron chi connectivity index (χ0n) is 6.85. The summed E-state index contributed by atoms with van der Waals surface area (Å²) in [5.41, 5.74) is 0. The Morgan fingerprint density at radius 2 is 1.93 bits per heavy atom. The van der Waals surface area contributed by atoms with Crippen LogP contribution in [0.25, 0.3) is 0 Å². The number of alkyl halides is 5. The lowest BCUT2D eigenvalue weighted by Gasteiger charge is -2.23. The summed E-state index contributed by atoms with van der Waals surface area (Å²) in [6.45, 7) is -0.157. The van der Waals surface area contributed by atoms with Crippen LogP contribution >= 0.6 is 0 Å². The minimum absolute atomic E-state index is 0.157. The Kier molecular flexibility index (Phi) is 1.86. The van der Waals surface area contributed by atoms with Crippen LogP contribution in [-0.2, 0) is 0 Å². The minimum atomic E-state index is -4.84. The van der Waals surface area contributed by atoms with Gasteiger partial charge in [0, 0.05) is 12.5 Å². The van der Waals surface area contributed by atoms with Gasteiger partial charge in [0.2, 0.25) is 0 Å². The molecule has 82 valence electrons. The SMILES string of the molecule is OC([C@@H]1NCC2C1C2(F)F)C(F)(F)F. The van der Waals surface area contributed by atoms with Crippen LogP contribution in [0, 0.1) is 11.8 Å². The van der Waals surface area contributed by atoms with Gasteiger partial charge in [-0.2, -0.15) is 13.2 Å². The van der Waals surface area contributed by atoms with Gasteiger partial charge in [-0.25, -0.2) is 8.78 Å². The molecule has 2 fully saturated rings. The highest BCUT2D eigenvalue weighted by Gasteiger charge is 2.75. The predicted molar refractivity (Wildman–Crippen MR) is 35.8 cm³/mol. The number of hydrogen-bond acceptors (Lipinski definition) is 2. The van der Waals surface area contributed by atoms with E-state index in [0.29, 0.717) is 0 Å². The molecular formula is C7H8F5NO. The van der Waals surface area contributed by atoms with Gasteiger partial charge in [0.05, 0.1) is 12.0 Å². The summed E-state index contributed by atoms with van der Waals surface area (Å²) < 4.78 is 61.5. The Bertz CT molecular complexity index is 253. The first-order valence-corrected chi connectivity index (χ1v) is 4.12. The molecule has 0 spiro atoms. The van der Waals surface area contributed by atoms with Gasteiger partial charge in [-0.1, -0.05) is 0 Å². The average molecular weight is 217 g/mol. The van der Waals surface area contributed by atoms with Crippen LogP contribution in [0.15, 0.2) is 0 Å². The van der Waals surface area contributed by atoms with E-state index in [4.69, 9.17) is 5.11 Å². The summed E-state index contributed by atoms with van der Waals surface area (Å²) >= 11 is 0. The van der Waals surface area contributed by atoms with E-state index < -0.39 is 36.1 Å². The molecule has 1 heterocycles. The molecule has 0 aromatic rings. The molecule has 1 aliphatic heterocycles. The second-order valence-electron chi connectivity index (χ2n) is 3.73. The van der Waals surface area contributed by atoms with Crippen LogP contribution in [0.4, 0.5) is 22.0 Å². The number of aliphatic hydroxyl groups excluding tert-OH is 1. The molecule has 4 atom stereocenters. The van der Waals surface area contributed by atoms with Crippen LogP contribution in [0.1, 0.15) is 0 Å². The molecule has 2 nitrogen and oxygen atoms in total. The molecule has 0 aromatic carbocycles. The Morgan fingerprint density at radius 1 is 1.36 bits per heavy atom. The topological polar surface area (TPSA) is 32.3 Å². The largest absolute Gasteiger partial charge is 0.415 e. The van der Waals surface area contributed by atoms with Crippen molar-refractivity contribution in [3.63, 3.8) is 0 Å². The van der Waals surface area contributed by atoms with Gasteiger partial charge < -0.3 is 10.4 Å². The number of rotatable bonds is 1. The van der Waals surface area contributed by atoms with Crippen molar-refractivity contribution in [3.05, 3.63) is 0 Å². The Hall–Kier alpha value is -0.430. The van der Waals surface area contributed by atoms with Gasteiger partial charge >= 0.3 is 6.18 Å². The van der Waals surface area contributed by atoms with Crippen molar-refractivity contribution >= 4 is 0 Å². The molecule has 0 radical (unpaired) electrons. The third-order valence-corrected chi connectivity index (χ3v) is 2.90. The normalized spacial score (nSPS) is 42.0. The van der Waals surface area contributed by atoms with E-state index in [1.165, 1.54) is 0 Å². The van der Waals surface area contributed by atoms with Gasteiger partial charge in [-0.3, -0.25) is 0 Å². The number of hydrogen-bond donors (Lipinski definition) is 2. The van der Waals surface area contributed by atoms with E-state index in [-0.39, 0.29) is 6.54 Å². The number of fused-ring (bicyclic) bond motifs is 1. The molecular weight excluding hydrogens is 209 g/mol. The van der Waals surface area contributed by atoms with Crippen molar-refractivity contribution in [2.24, 2.45) is 11.8 Å². The van der Waals surface area contributed by atoms with Crippen LogP contribution in [0.2, 0.25) is 0 Å². The maximum absolute atomic E-state index is 12.7. The lowest BCUT2D eigenvalue weighted by Crippen LogP contribution is -2.48. The third-order valence-electron chi connectivity index (χ3n) is 2.90. The smallest absolute Gasteiger partial charge is 0.382 e. The fraction of sp³-hybridized carbons (Fsp3) is 1.00. The number of halogens is 5. The third kappa shape index (κ3) is 1.22. The zero-order chi connectivity index (χ0) is 10.7. The molecule has 0 aromatic heterocycles. The summed E-state index contributed by atoms with van der Waals surface area (Å²) in [6.07, 6.45) is -7.54. The van der Waals surface area contributed by atoms with Crippen molar-refractivity contribution in [2.45, 2.75) is 24.2 Å². The molecule has 3 unspecified atom stereocenters. The maximum atomic E-state index is 12.7. The van der Waals surface area contributed by atoms with E-state index >= 15 is 0 Å². The van der Waals surface area contributed by atoms with Gasteiger partial charge in [-0.05, 0) is 0 Å². The highest BCUT2D eigenvalue weighted by molar-refractivity contribution is 5.18. The first-order chi connectivity index (χ1) is 6.26. The van der Waals surface area contributed by atoms with Crippen molar-refractivity contribution in [3.8, 4) is 0 Å². The molecule has 2 rings (SSSR count). The monoisotopic (exact) mass is 217 g/mol. The standard InChI is InChI=1S/C7H8F5NO/c8-6(9)2-1-13-4(3(2)6)5(14)7(10,11)12/h2-5,13-14H,1H2/t2?,3?,4-,5?/m1/s1. The lowest BCUT2D eigenvalue weighted by molar-refractivity contribution is -0.214. The Balaban J connectivity index is 2.08. The van der Waals surface area contributed by atoms with Crippen molar-refractivity contribution in [2.75, 3.05) is 6.54 Å². The summed E-state index contributed by atoms with van der Waals surface area (Å²) in [4.78, 5) is 0. The van der Waals surface area contributed by atoms with Gasteiger partial charge in [0.25, 0.3) is 5.92 Å². The molecule has 1 aliphatic carbocycles. The van der Waals surface area contributed by atoms with Crippen molar-refractivity contribution in [1.82, 2.24) is 5.32 Å². The van der Waals surface area contributed by atoms with Gasteiger partial charge in [0.15, 0.2) is 6.10 Å². The summed E-state index contributed by atoms with van der Waals surface area (Å²) in [6, 6.07) is -1.56. The molecule has 1 saturated heterocycles. The number of piperidine rings is 1. The first-order valence-electron chi connectivity index (χ1n) is 4.12. The van der Waals surface area contributed by atoms with Crippen LogP contribution < -0.4 is 5.32 Å². The highest BCUT2D eigenvalue weighted by atomic mass is 19.4. The first kappa shape index (κ1) is 10.1. The zero-order valence-corrected chi connectivity index (χ0v) is 6.85. The minimum Gasteiger partial charge on any atom is -0.382 e. The van der Waals surface area contributed by atoms with Gasteiger partial charge in [0.1, 0.15) is 0 Å². The summed E-state index contributed by atoms with van der Waals surface area (Å²) in [5, 5.41) is 11.1. The molecule has 1 saturated carbocycles. The van der Waals surface area contributed by atoms with Crippen LogP contribution in [0.3, 0.4) is 0 Å². The summed E-state index contributed by atoms with van der Waals surface area (Å²) in [7, 11) is 0. The second-order valence-corrected chi connectivity index (χ2v) is 3.73. The maximum Gasteiger partial charge on any atom is 0.415 e. The average Bonchev–Trinajstić information content (AvgIpc) is 2.48. The Morgan fingerprint density at radius 3 is 2.29 bits per heavy atom. The number of nitrogens with one attached hydrogen (secondary N) is 1. The van der Waals surface area contributed by atoms with E-state index in [0.717, 1.165) is 0 Å². The van der Waals surface area contributed by atoms with Crippen LogP contribution in [0.5, 0.6) is 0 Å². The number of aliphatic hydroxyl groups is 1. The van der Waals surface area contributed by atoms with E-state index in [1.807, 2.05) is 0 Å². The van der Waals surface area contributed by atoms with E-state index in [2.05, 4.69) is 5.32 Å². The second kappa shape index (κ2) is 2.57. The lowest BCUT2D eigenvalue weighted by atomic mass is 10.1. The van der Waals surface area contributed by atoms with Crippen LogP contribution in [-0.4, -0.2) is 35.9 Å². The fourth-order valence-corrected chi connectivity index (χ4v) is 2.07. The van der Waals surface area contributed by atoms with Gasteiger partial charge in [-0.15, -0.1) is 0 Å². The van der Waals surface area contributed by atoms with E-state index in [1.54, 1.807) is 0 Å². The predicted octanol–water partition coefficient (Wildman–Crippen LogP) is 0.763. The fourth-order valence-electron chi connectivity index (χ4n) is 2.07. The molecule has 2 N–H and O–H groups in total. The van der Waals surface area contributed by atoms with E-state index in [9.17, 15) is 22.0 Å². The quantitative estimate of drug-likeness (QED) is 0.635. The van der Waals surface area contributed by atoms with Crippen molar-refractivity contribution in [1.29, 1.82) is 0 Å². The molecule has 0 bridgehead atoms. The molecule has 2 aliphatic rings. The molecule has 14 heavy (non-hydrogen) atoms. The highest BCUT2D eigenvalue weighted by Crippen LogP contribution is 2.60. The van der Waals surface area contributed by atoms with Crippen molar-refractivity contribution < 1.29 is 27.1 Å². The molecule has 7 heteroatoms.